The molecule has 26 heavy (non-hydrogen) atoms. The van der Waals surface area contributed by atoms with Crippen LogP contribution in [0.5, 0.6) is 0 Å². The highest BCUT2D eigenvalue weighted by atomic mass is 16.5. The van der Waals surface area contributed by atoms with Crippen molar-refractivity contribution in [1.82, 2.24) is 10.2 Å². The Kier molecular flexibility index (Phi) is 8.06. The van der Waals surface area contributed by atoms with Gasteiger partial charge in [-0.15, -0.1) is 0 Å². The van der Waals surface area contributed by atoms with E-state index in [9.17, 15) is 9.59 Å². The van der Waals surface area contributed by atoms with Gasteiger partial charge in [0.05, 0.1) is 32.1 Å². The molecule has 1 saturated carbocycles. The molecule has 0 aliphatic heterocycles. The molecule has 0 radical (unpaired) electrons. The van der Waals surface area contributed by atoms with Gasteiger partial charge in [-0.05, 0) is 19.8 Å². The predicted octanol–water partition coefficient (Wildman–Crippen LogP) is 2.16. The summed E-state index contributed by atoms with van der Waals surface area (Å²) in [5.41, 5.74) is 0.244. The molecule has 146 valence electrons. The molecule has 1 fully saturated rings. The van der Waals surface area contributed by atoms with E-state index in [2.05, 4.69) is 10.2 Å². The largest absolute Gasteiger partial charge is 0.462 e. The number of nitrogens with one attached hydrogen (secondary N) is 1. The number of aromatic nitrogens is 2. The Morgan fingerprint density at radius 3 is 2.46 bits per heavy atom. The van der Waals surface area contributed by atoms with Crippen molar-refractivity contribution in [1.29, 1.82) is 0 Å². The maximum absolute atomic E-state index is 13.3. The third-order valence-corrected chi connectivity index (χ3v) is 4.63. The average Bonchev–Trinajstić information content (AvgIpc) is 3.12. The van der Waals surface area contributed by atoms with E-state index >= 15 is 0 Å². The van der Waals surface area contributed by atoms with Gasteiger partial charge in [0.25, 0.3) is 0 Å². The van der Waals surface area contributed by atoms with Crippen molar-refractivity contribution in [2.75, 3.05) is 38.9 Å². The SMILES string of the molecule is CCOC(=O)c1cn[nH]c1N(C(=O)C1CCCCC1)C(COC)COC. The van der Waals surface area contributed by atoms with E-state index in [1.165, 1.54) is 6.20 Å². The molecular weight excluding hydrogens is 338 g/mol. The number of aromatic amines is 1. The fourth-order valence-corrected chi connectivity index (χ4v) is 3.42. The summed E-state index contributed by atoms with van der Waals surface area (Å²) in [6.07, 6.45) is 6.33. The second kappa shape index (κ2) is 10.3. The lowest BCUT2D eigenvalue weighted by Crippen LogP contribution is -2.49. The van der Waals surface area contributed by atoms with Gasteiger partial charge in [-0.25, -0.2) is 4.79 Å². The summed E-state index contributed by atoms with van der Waals surface area (Å²) in [6.45, 7) is 2.56. The summed E-state index contributed by atoms with van der Waals surface area (Å²) >= 11 is 0. The average molecular weight is 367 g/mol. The molecule has 1 aromatic heterocycles. The normalized spacial score (nSPS) is 15.2. The third kappa shape index (κ3) is 4.82. The minimum atomic E-state index is -0.508. The van der Waals surface area contributed by atoms with E-state index in [1.807, 2.05) is 0 Å². The van der Waals surface area contributed by atoms with Gasteiger partial charge in [-0.2, -0.15) is 5.10 Å². The lowest BCUT2D eigenvalue weighted by Gasteiger charge is -2.34. The van der Waals surface area contributed by atoms with Crippen molar-refractivity contribution in [2.45, 2.75) is 45.1 Å². The van der Waals surface area contributed by atoms with Crippen LogP contribution in [0.25, 0.3) is 0 Å². The first-order valence-electron chi connectivity index (χ1n) is 9.15. The van der Waals surface area contributed by atoms with Crippen molar-refractivity contribution in [3.8, 4) is 0 Å². The number of esters is 1. The van der Waals surface area contributed by atoms with Crippen molar-refractivity contribution in [3.63, 3.8) is 0 Å². The molecule has 1 heterocycles. The first-order chi connectivity index (χ1) is 12.6. The first-order valence-corrected chi connectivity index (χ1v) is 9.15. The first kappa shape index (κ1) is 20.4. The minimum absolute atomic E-state index is 0.0291. The van der Waals surface area contributed by atoms with E-state index in [4.69, 9.17) is 14.2 Å². The molecule has 2 rings (SSSR count). The molecule has 0 unspecified atom stereocenters. The molecule has 0 atom stereocenters. The van der Waals surface area contributed by atoms with Crippen molar-refractivity contribution >= 4 is 17.7 Å². The second-order valence-corrected chi connectivity index (χ2v) is 6.46. The Hall–Kier alpha value is -1.93. The zero-order valence-corrected chi connectivity index (χ0v) is 15.8. The molecule has 8 heteroatoms. The molecule has 8 nitrogen and oxygen atoms in total. The number of carbonyl (C=O) groups excluding carboxylic acids is 2. The highest BCUT2D eigenvalue weighted by molar-refractivity contribution is 6.02. The zero-order chi connectivity index (χ0) is 18.9. The van der Waals surface area contributed by atoms with E-state index < -0.39 is 5.97 Å². The number of nitrogens with zero attached hydrogens (tertiary/aromatic N) is 2. The Morgan fingerprint density at radius 1 is 1.23 bits per heavy atom. The van der Waals surface area contributed by atoms with Crippen LogP contribution in [-0.4, -0.2) is 62.2 Å². The Bertz CT molecular complexity index is 577. The van der Waals surface area contributed by atoms with Crippen LogP contribution in [0.1, 0.15) is 49.4 Å². The molecule has 1 aromatic rings. The van der Waals surface area contributed by atoms with E-state index in [0.717, 1.165) is 32.1 Å². The van der Waals surface area contributed by atoms with Crippen LogP contribution in [0.2, 0.25) is 0 Å². The number of ether oxygens (including phenoxy) is 3. The molecule has 1 aliphatic carbocycles. The second-order valence-electron chi connectivity index (χ2n) is 6.46. The molecule has 0 bridgehead atoms. The lowest BCUT2D eigenvalue weighted by atomic mass is 9.88. The molecular formula is C18H29N3O5. The maximum Gasteiger partial charge on any atom is 0.343 e. The number of anilines is 1. The van der Waals surface area contributed by atoms with E-state index in [0.29, 0.717) is 5.82 Å². The molecule has 0 aromatic carbocycles. The lowest BCUT2D eigenvalue weighted by molar-refractivity contribution is -0.124. The number of methoxy groups -OCH3 is 2. The summed E-state index contributed by atoms with van der Waals surface area (Å²) in [6, 6.07) is -0.368. The van der Waals surface area contributed by atoms with Crippen LogP contribution in [0.3, 0.4) is 0 Å². The zero-order valence-electron chi connectivity index (χ0n) is 15.8. The highest BCUT2D eigenvalue weighted by Gasteiger charge is 2.35. The van der Waals surface area contributed by atoms with Gasteiger partial charge in [-0.1, -0.05) is 19.3 Å². The third-order valence-electron chi connectivity index (χ3n) is 4.63. The molecule has 1 aliphatic rings. The number of carbonyl (C=O) groups is 2. The summed E-state index contributed by atoms with van der Waals surface area (Å²) in [5, 5.41) is 6.78. The van der Waals surface area contributed by atoms with Gasteiger partial charge in [0.1, 0.15) is 11.4 Å². The van der Waals surface area contributed by atoms with Gasteiger partial charge >= 0.3 is 5.97 Å². The van der Waals surface area contributed by atoms with Gasteiger partial charge in [0, 0.05) is 20.1 Å². The summed E-state index contributed by atoms with van der Waals surface area (Å²) < 4.78 is 15.7. The van der Waals surface area contributed by atoms with Gasteiger partial charge in [0.2, 0.25) is 5.91 Å². The number of rotatable bonds is 9. The minimum Gasteiger partial charge on any atom is -0.462 e. The molecule has 1 N–H and O–H groups in total. The Balaban J connectivity index is 2.38. The van der Waals surface area contributed by atoms with Crippen molar-refractivity contribution in [3.05, 3.63) is 11.8 Å². The number of hydrogen-bond donors (Lipinski definition) is 1. The molecule has 0 spiro atoms. The van der Waals surface area contributed by atoms with E-state index in [1.54, 1.807) is 26.0 Å². The van der Waals surface area contributed by atoms with Crippen LogP contribution in [0.4, 0.5) is 5.82 Å². The predicted molar refractivity (Wildman–Crippen MR) is 96.1 cm³/mol. The van der Waals surface area contributed by atoms with Crippen LogP contribution < -0.4 is 4.90 Å². The summed E-state index contributed by atoms with van der Waals surface area (Å²) in [7, 11) is 3.15. The summed E-state index contributed by atoms with van der Waals surface area (Å²) in [4.78, 5) is 27.2. The topological polar surface area (TPSA) is 93.8 Å². The number of hydrogen-bond acceptors (Lipinski definition) is 6. The quantitative estimate of drug-likeness (QED) is 0.672. The Morgan fingerprint density at radius 2 is 1.88 bits per heavy atom. The van der Waals surface area contributed by atoms with Gasteiger partial charge in [-0.3, -0.25) is 14.8 Å². The van der Waals surface area contributed by atoms with Crippen molar-refractivity contribution < 1.29 is 23.8 Å². The fraction of sp³-hybridized carbons (Fsp3) is 0.722. The fourth-order valence-electron chi connectivity index (χ4n) is 3.42. The van der Waals surface area contributed by atoms with Crippen LogP contribution in [0, 0.1) is 5.92 Å². The van der Waals surface area contributed by atoms with Gasteiger partial charge in [0.15, 0.2) is 0 Å². The Labute approximate surface area is 154 Å². The standard InChI is InChI=1S/C18H29N3O5/c1-4-26-18(23)15-10-19-20-16(15)21(14(11-24-2)12-25-3)17(22)13-8-6-5-7-9-13/h10,13-14H,4-9,11-12H2,1-3H3,(H,19,20). The van der Waals surface area contributed by atoms with Crippen LogP contribution >= 0.6 is 0 Å². The van der Waals surface area contributed by atoms with Gasteiger partial charge < -0.3 is 14.2 Å². The highest BCUT2D eigenvalue weighted by Crippen LogP contribution is 2.30. The maximum atomic E-state index is 13.3. The monoisotopic (exact) mass is 367 g/mol. The smallest absolute Gasteiger partial charge is 0.343 e. The van der Waals surface area contributed by atoms with Crippen LogP contribution in [0.15, 0.2) is 6.20 Å². The summed E-state index contributed by atoms with van der Waals surface area (Å²) in [5.74, 6) is -0.263. The molecule has 1 amide bonds. The molecule has 0 saturated heterocycles. The number of H-pyrrole nitrogens is 1. The van der Waals surface area contributed by atoms with E-state index in [-0.39, 0.29) is 43.3 Å². The van der Waals surface area contributed by atoms with Crippen molar-refractivity contribution in [2.24, 2.45) is 5.92 Å². The van der Waals surface area contributed by atoms with Crippen LogP contribution in [-0.2, 0) is 19.0 Å². The number of amides is 1.